The molecule has 1 N–H and O–H groups in total. The van der Waals surface area contributed by atoms with E-state index in [1.54, 1.807) is 0 Å². The molecule has 0 aliphatic heterocycles. The first kappa shape index (κ1) is 18.9. The van der Waals surface area contributed by atoms with Gasteiger partial charge in [-0.3, -0.25) is 24.3 Å². The van der Waals surface area contributed by atoms with Crippen molar-refractivity contribution in [1.29, 1.82) is 0 Å². The molecule has 0 radical (unpaired) electrons. The van der Waals surface area contributed by atoms with Gasteiger partial charge in [0, 0.05) is 28.0 Å². The molecule has 0 aliphatic carbocycles. The van der Waals surface area contributed by atoms with E-state index in [1.807, 2.05) is 22.9 Å². The standard InChI is InChI=1S/C18H11FN4O4S2/c19-12-4-3-10(23(26)27)6-13(12)21-15(24)7-22-9-20-17-16(18(22)25)11(8-29-17)14-2-1-5-28-14/h1-6,8-9H,7H2,(H,21,24). The Morgan fingerprint density at radius 1 is 1.31 bits per heavy atom. The fourth-order valence-electron chi connectivity index (χ4n) is 2.76. The van der Waals surface area contributed by atoms with Crippen LogP contribution in [0.4, 0.5) is 15.8 Å². The number of carbonyl (C=O) groups is 1. The number of nitro groups is 1. The Bertz CT molecular complexity index is 1300. The van der Waals surface area contributed by atoms with Gasteiger partial charge in [-0.15, -0.1) is 22.7 Å². The van der Waals surface area contributed by atoms with Crippen LogP contribution < -0.4 is 10.9 Å². The van der Waals surface area contributed by atoms with Crippen LogP contribution in [0.15, 0.2) is 52.2 Å². The number of nitro benzene ring substituents is 1. The van der Waals surface area contributed by atoms with Gasteiger partial charge in [-0.05, 0) is 17.5 Å². The predicted octanol–water partition coefficient (Wildman–Crippen LogP) is 3.87. The van der Waals surface area contributed by atoms with Crippen LogP contribution in [0.25, 0.3) is 20.7 Å². The van der Waals surface area contributed by atoms with Crippen LogP contribution in [-0.2, 0) is 11.3 Å². The Morgan fingerprint density at radius 3 is 2.86 bits per heavy atom. The zero-order chi connectivity index (χ0) is 20.5. The van der Waals surface area contributed by atoms with Crippen LogP contribution in [0.2, 0.25) is 0 Å². The Morgan fingerprint density at radius 2 is 2.14 bits per heavy atom. The van der Waals surface area contributed by atoms with Crippen LogP contribution in [0, 0.1) is 15.9 Å². The van der Waals surface area contributed by atoms with Crippen LogP contribution >= 0.6 is 22.7 Å². The highest BCUT2D eigenvalue weighted by atomic mass is 32.1. The Hall–Kier alpha value is -3.44. The lowest BCUT2D eigenvalue weighted by Crippen LogP contribution is -2.28. The summed E-state index contributed by atoms with van der Waals surface area (Å²) >= 11 is 2.82. The Kier molecular flexibility index (Phi) is 4.91. The van der Waals surface area contributed by atoms with Crippen molar-refractivity contribution in [2.45, 2.75) is 6.54 Å². The molecule has 4 rings (SSSR count). The van der Waals surface area contributed by atoms with Gasteiger partial charge in [0.1, 0.15) is 17.2 Å². The van der Waals surface area contributed by atoms with E-state index in [0.717, 1.165) is 33.2 Å². The predicted molar refractivity (Wildman–Crippen MR) is 109 cm³/mol. The number of carbonyl (C=O) groups excluding carboxylic acids is 1. The molecule has 11 heteroatoms. The van der Waals surface area contributed by atoms with Gasteiger partial charge in [-0.1, -0.05) is 6.07 Å². The molecule has 1 aromatic carbocycles. The quantitative estimate of drug-likeness (QED) is 0.382. The van der Waals surface area contributed by atoms with Crippen molar-refractivity contribution < 1.29 is 14.1 Å². The number of aromatic nitrogens is 2. The van der Waals surface area contributed by atoms with E-state index in [0.29, 0.717) is 10.2 Å². The van der Waals surface area contributed by atoms with Gasteiger partial charge in [0.2, 0.25) is 5.91 Å². The van der Waals surface area contributed by atoms with Crippen molar-refractivity contribution >= 4 is 50.2 Å². The molecule has 0 saturated carbocycles. The first-order chi connectivity index (χ1) is 13.9. The molecule has 1 amide bonds. The van der Waals surface area contributed by atoms with E-state index in [4.69, 9.17) is 0 Å². The van der Waals surface area contributed by atoms with Crippen LogP contribution in [-0.4, -0.2) is 20.4 Å². The smallest absolute Gasteiger partial charge is 0.271 e. The number of fused-ring (bicyclic) bond motifs is 1. The molecule has 3 heterocycles. The van der Waals surface area contributed by atoms with Gasteiger partial charge < -0.3 is 5.32 Å². The summed E-state index contributed by atoms with van der Waals surface area (Å²) in [4.78, 5) is 41.1. The third-order valence-corrected chi connectivity index (χ3v) is 5.89. The minimum atomic E-state index is -0.817. The maximum atomic E-state index is 13.9. The summed E-state index contributed by atoms with van der Waals surface area (Å²) in [5.41, 5.74) is -0.340. The van der Waals surface area contributed by atoms with E-state index in [9.17, 15) is 24.1 Å². The van der Waals surface area contributed by atoms with E-state index < -0.39 is 28.8 Å². The summed E-state index contributed by atoms with van der Waals surface area (Å²) in [5.74, 6) is -1.52. The van der Waals surface area contributed by atoms with E-state index in [1.165, 1.54) is 29.0 Å². The number of hydrogen-bond acceptors (Lipinski definition) is 7. The minimum absolute atomic E-state index is 0.332. The number of nitrogens with one attached hydrogen (secondary N) is 1. The zero-order valence-electron chi connectivity index (χ0n) is 14.5. The highest BCUT2D eigenvalue weighted by Gasteiger charge is 2.17. The molecule has 0 fully saturated rings. The summed E-state index contributed by atoms with van der Waals surface area (Å²) < 4.78 is 15.0. The maximum absolute atomic E-state index is 13.9. The molecule has 4 aromatic rings. The lowest BCUT2D eigenvalue weighted by molar-refractivity contribution is -0.384. The summed E-state index contributed by atoms with van der Waals surface area (Å²) in [6.45, 7) is -0.413. The number of rotatable bonds is 5. The average Bonchev–Trinajstić information content (AvgIpc) is 3.35. The third kappa shape index (κ3) is 3.65. The van der Waals surface area contributed by atoms with E-state index >= 15 is 0 Å². The lowest BCUT2D eigenvalue weighted by Gasteiger charge is -2.08. The average molecular weight is 430 g/mol. The topological polar surface area (TPSA) is 107 Å². The van der Waals surface area contributed by atoms with Gasteiger partial charge in [0.15, 0.2) is 0 Å². The number of benzene rings is 1. The van der Waals surface area contributed by atoms with Gasteiger partial charge in [0.05, 0.1) is 22.3 Å². The van der Waals surface area contributed by atoms with Crippen molar-refractivity contribution in [3.8, 4) is 10.4 Å². The maximum Gasteiger partial charge on any atom is 0.271 e. The number of halogens is 1. The van der Waals surface area contributed by atoms with Gasteiger partial charge in [-0.2, -0.15) is 0 Å². The van der Waals surface area contributed by atoms with Crippen LogP contribution in [0.3, 0.4) is 0 Å². The summed E-state index contributed by atoms with van der Waals surface area (Å²) in [5, 5.41) is 17.2. The third-order valence-electron chi connectivity index (χ3n) is 4.10. The van der Waals surface area contributed by atoms with Crippen LogP contribution in [0.1, 0.15) is 0 Å². The molecule has 0 aliphatic rings. The monoisotopic (exact) mass is 430 g/mol. The SMILES string of the molecule is O=C(Cn1cnc2scc(-c3cccs3)c2c1=O)Nc1cc([N+](=O)[O-])ccc1F. The van der Waals surface area contributed by atoms with Gasteiger partial charge >= 0.3 is 0 Å². The first-order valence-electron chi connectivity index (χ1n) is 8.18. The summed E-state index contributed by atoms with van der Waals surface area (Å²) in [6.07, 6.45) is 1.25. The van der Waals surface area contributed by atoms with E-state index in [2.05, 4.69) is 10.3 Å². The van der Waals surface area contributed by atoms with Crippen molar-refractivity contribution in [2.24, 2.45) is 0 Å². The number of amides is 1. The fraction of sp³-hybridized carbons (Fsp3) is 0.0556. The highest BCUT2D eigenvalue weighted by Crippen LogP contribution is 2.33. The molecule has 146 valence electrons. The van der Waals surface area contributed by atoms with E-state index in [-0.39, 0.29) is 11.4 Å². The molecule has 8 nitrogen and oxygen atoms in total. The van der Waals surface area contributed by atoms with Crippen LogP contribution in [0.5, 0.6) is 0 Å². The molecular formula is C18H11FN4O4S2. The lowest BCUT2D eigenvalue weighted by atomic mass is 10.2. The Balaban J connectivity index is 1.63. The molecule has 0 spiro atoms. The first-order valence-corrected chi connectivity index (χ1v) is 9.94. The number of hydrogen-bond donors (Lipinski definition) is 1. The number of non-ortho nitro benzene ring substituents is 1. The molecule has 29 heavy (non-hydrogen) atoms. The minimum Gasteiger partial charge on any atom is -0.322 e. The zero-order valence-corrected chi connectivity index (χ0v) is 16.1. The molecule has 0 saturated heterocycles. The van der Waals surface area contributed by atoms with Crippen molar-refractivity contribution in [3.63, 3.8) is 0 Å². The molecule has 0 atom stereocenters. The fourth-order valence-corrected chi connectivity index (χ4v) is 4.48. The van der Waals surface area contributed by atoms with Crippen molar-refractivity contribution in [2.75, 3.05) is 5.32 Å². The second kappa shape index (κ2) is 7.53. The second-order valence-corrected chi connectivity index (χ2v) is 7.76. The second-order valence-electron chi connectivity index (χ2n) is 5.95. The molecule has 0 unspecified atom stereocenters. The summed E-state index contributed by atoms with van der Waals surface area (Å²) in [7, 11) is 0. The molecule has 3 aromatic heterocycles. The highest BCUT2D eigenvalue weighted by molar-refractivity contribution is 7.18. The largest absolute Gasteiger partial charge is 0.322 e. The number of nitrogens with zero attached hydrogens (tertiary/aromatic N) is 3. The van der Waals surface area contributed by atoms with Crippen molar-refractivity contribution in [3.05, 3.63) is 73.7 Å². The van der Waals surface area contributed by atoms with Crippen molar-refractivity contribution in [1.82, 2.24) is 9.55 Å². The number of anilines is 1. The van der Waals surface area contributed by atoms with Gasteiger partial charge in [-0.25, -0.2) is 9.37 Å². The normalized spacial score (nSPS) is 10.9. The number of thiophene rings is 2. The molecular weight excluding hydrogens is 419 g/mol. The molecule has 0 bridgehead atoms. The summed E-state index contributed by atoms with van der Waals surface area (Å²) in [6, 6.07) is 6.58. The Labute approximate surface area is 170 Å². The van der Waals surface area contributed by atoms with Gasteiger partial charge in [0.25, 0.3) is 11.2 Å².